The molecule has 106 valence electrons. The summed E-state index contributed by atoms with van der Waals surface area (Å²) < 4.78 is 0. The normalized spacial score (nSPS) is 14.1. The number of rotatable bonds is 8. The highest BCUT2D eigenvalue weighted by Crippen LogP contribution is 2.23. The number of nitro groups is 1. The van der Waals surface area contributed by atoms with Gasteiger partial charge in [-0.3, -0.25) is 10.1 Å². The first-order valence-corrected chi connectivity index (χ1v) is 7.08. The fourth-order valence-corrected chi connectivity index (χ4v) is 2.47. The Hall–Kier alpha value is -1.42. The van der Waals surface area contributed by atoms with Gasteiger partial charge in [-0.1, -0.05) is 51.3 Å². The van der Waals surface area contributed by atoms with Crippen molar-refractivity contribution in [1.82, 2.24) is 0 Å². The van der Waals surface area contributed by atoms with Crippen molar-refractivity contribution >= 4 is 5.69 Å². The van der Waals surface area contributed by atoms with Crippen molar-refractivity contribution in [3.63, 3.8) is 0 Å². The predicted molar refractivity (Wildman–Crippen MR) is 78.1 cm³/mol. The molecule has 0 amide bonds. The summed E-state index contributed by atoms with van der Waals surface area (Å²) in [4.78, 5) is 10.7. The van der Waals surface area contributed by atoms with Crippen molar-refractivity contribution in [2.45, 2.75) is 52.0 Å². The summed E-state index contributed by atoms with van der Waals surface area (Å²) >= 11 is 0. The minimum absolute atomic E-state index is 0.00218. The second-order valence-electron chi connectivity index (χ2n) is 5.06. The first kappa shape index (κ1) is 15.6. The predicted octanol–water partition coefficient (Wildman–Crippen LogP) is 3.68. The first-order chi connectivity index (χ1) is 9.10. The van der Waals surface area contributed by atoms with E-state index in [0.29, 0.717) is 12.3 Å². The summed E-state index contributed by atoms with van der Waals surface area (Å²) in [5.74, 6) is 0.444. The largest absolute Gasteiger partial charge is 0.327 e. The third kappa shape index (κ3) is 4.63. The minimum atomic E-state index is -0.324. The summed E-state index contributed by atoms with van der Waals surface area (Å²) in [5.41, 5.74) is 7.18. The van der Waals surface area contributed by atoms with Crippen LogP contribution in [0, 0.1) is 16.0 Å². The Morgan fingerprint density at radius 1 is 1.32 bits per heavy atom. The SMILES string of the molecule is CCCCC(CC)C(N)Cc1ccccc1[N+](=O)[O-]. The Morgan fingerprint density at radius 3 is 2.58 bits per heavy atom. The number of nitro benzene ring substituents is 1. The summed E-state index contributed by atoms with van der Waals surface area (Å²) in [7, 11) is 0. The second kappa shape index (κ2) is 7.89. The van der Waals surface area contributed by atoms with E-state index in [4.69, 9.17) is 5.73 Å². The molecule has 2 unspecified atom stereocenters. The van der Waals surface area contributed by atoms with E-state index in [-0.39, 0.29) is 16.7 Å². The fraction of sp³-hybridized carbons (Fsp3) is 0.600. The lowest BCUT2D eigenvalue weighted by Crippen LogP contribution is -2.32. The van der Waals surface area contributed by atoms with E-state index in [1.807, 2.05) is 12.1 Å². The number of unbranched alkanes of at least 4 members (excludes halogenated alkanes) is 1. The van der Waals surface area contributed by atoms with E-state index < -0.39 is 0 Å². The van der Waals surface area contributed by atoms with Crippen LogP contribution in [0.4, 0.5) is 5.69 Å². The van der Waals surface area contributed by atoms with Crippen molar-refractivity contribution in [2.24, 2.45) is 11.7 Å². The van der Waals surface area contributed by atoms with Crippen LogP contribution in [0.1, 0.15) is 45.1 Å². The number of nitrogens with two attached hydrogens (primary N) is 1. The molecule has 0 aliphatic carbocycles. The van der Waals surface area contributed by atoms with Crippen LogP contribution in [-0.2, 0) is 6.42 Å². The van der Waals surface area contributed by atoms with Gasteiger partial charge in [0.05, 0.1) is 4.92 Å². The number of nitrogens with zero attached hydrogens (tertiary/aromatic N) is 1. The van der Waals surface area contributed by atoms with Gasteiger partial charge in [0, 0.05) is 17.7 Å². The van der Waals surface area contributed by atoms with E-state index in [2.05, 4.69) is 13.8 Å². The molecule has 0 heterocycles. The molecule has 0 aromatic heterocycles. The van der Waals surface area contributed by atoms with Gasteiger partial charge in [-0.25, -0.2) is 0 Å². The van der Waals surface area contributed by atoms with E-state index in [1.165, 1.54) is 6.42 Å². The summed E-state index contributed by atoms with van der Waals surface area (Å²) in [5, 5.41) is 11.0. The highest BCUT2D eigenvalue weighted by atomic mass is 16.6. The van der Waals surface area contributed by atoms with Gasteiger partial charge < -0.3 is 5.73 Å². The Kier molecular flexibility index (Phi) is 6.50. The maximum Gasteiger partial charge on any atom is 0.272 e. The standard InChI is InChI=1S/C15H24N2O2/c1-3-5-8-12(4-2)14(16)11-13-9-6-7-10-15(13)17(18)19/h6-7,9-10,12,14H,3-5,8,11,16H2,1-2H3. The van der Waals surface area contributed by atoms with Gasteiger partial charge in [0.15, 0.2) is 0 Å². The third-order valence-electron chi connectivity index (χ3n) is 3.70. The van der Waals surface area contributed by atoms with Crippen LogP contribution in [0.5, 0.6) is 0 Å². The molecule has 0 fully saturated rings. The first-order valence-electron chi connectivity index (χ1n) is 7.08. The second-order valence-corrected chi connectivity index (χ2v) is 5.06. The Labute approximate surface area is 115 Å². The molecule has 0 aliphatic rings. The highest BCUT2D eigenvalue weighted by Gasteiger charge is 2.20. The maximum atomic E-state index is 11.0. The quantitative estimate of drug-likeness (QED) is 0.575. The molecule has 1 aromatic carbocycles. The van der Waals surface area contributed by atoms with E-state index in [1.54, 1.807) is 12.1 Å². The molecule has 0 radical (unpaired) electrons. The molecule has 1 rings (SSSR count). The average molecular weight is 264 g/mol. The molecule has 0 spiro atoms. The highest BCUT2D eigenvalue weighted by molar-refractivity contribution is 5.40. The zero-order valence-corrected chi connectivity index (χ0v) is 11.8. The fourth-order valence-electron chi connectivity index (χ4n) is 2.47. The summed E-state index contributed by atoms with van der Waals surface area (Å²) in [6.45, 7) is 4.31. The molecular formula is C15H24N2O2. The van der Waals surface area contributed by atoms with E-state index >= 15 is 0 Å². The average Bonchev–Trinajstić information content (AvgIpc) is 2.40. The van der Waals surface area contributed by atoms with Crippen LogP contribution >= 0.6 is 0 Å². The van der Waals surface area contributed by atoms with Crippen LogP contribution in [0.15, 0.2) is 24.3 Å². The zero-order chi connectivity index (χ0) is 14.3. The van der Waals surface area contributed by atoms with Crippen molar-refractivity contribution in [1.29, 1.82) is 0 Å². The lowest BCUT2D eigenvalue weighted by molar-refractivity contribution is -0.385. The Balaban J connectivity index is 2.75. The lowest BCUT2D eigenvalue weighted by atomic mass is 9.88. The van der Waals surface area contributed by atoms with Crippen LogP contribution in [0.3, 0.4) is 0 Å². The van der Waals surface area contributed by atoms with E-state index in [0.717, 1.165) is 24.8 Å². The summed E-state index contributed by atoms with van der Waals surface area (Å²) in [6, 6.07) is 6.89. The van der Waals surface area contributed by atoms with Crippen LogP contribution in [0.25, 0.3) is 0 Å². The topological polar surface area (TPSA) is 69.2 Å². The molecule has 4 nitrogen and oxygen atoms in total. The van der Waals surface area contributed by atoms with E-state index in [9.17, 15) is 10.1 Å². The van der Waals surface area contributed by atoms with Crippen molar-refractivity contribution in [3.8, 4) is 0 Å². The lowest BCUT2D eigenvalue weighted by Gasteiger charge is -2.22. The summed E-state index contributed by atoms with van der Waals surface area (Å²) in [6.07, 6.45) is 5.05. The van der Waals surface area contributed by atoms with Crippen molar-refractivity contribution in [3.05, 3.63) is 39.9 Å². The van der Waals surface area contributed by atoms with Crippen LogP contribution in [-0.4, -0.2) is 11.0 Å². The number of hydrogen-bond donors (Lipinski definition) is 1. The monoisotopic (exact) mass is 264 g/mol. The molecule has 0 aliphatic heterocycles. The van der Waals surface area contributed by atoms with Gasteiger partial charge in [-0.05, 0) is 18.8 Å². The molecule has 1 aromatic rings. The zero-order valence-electron chi connectivity index (χ0n) is 11.8. The smallest absolute Gasteiger partial charge is 0.272 e. The minimum Gasteiger partial charge on any atom is -0.327 e. The van der Waals surface area contributed by atoms with Crippen molar-refractivity contribution < 1.29 is 4.92 Å². The molecular weight excluding hydrogens is 240 g/mol. The molecule has 2 atom stereocenters. The van der Waals surface area contributed by atoms with Gasteiger partial charge in [0.1, 0.15) is 0 Å². The molecule has 4 heteroatoms. The Bertz CT molecular complexity index is 407. The van der Waals surface area contributed by atoms with Crippen molar-refractivity contribution in [2.75, 3.05) is 0 Å². The van der Waals surface area contributed by atoms with Gasteiger partial charge in [-0.15, -0.1) is 0 Å². The molecule has 0 saturated carbocycles. The number of hydrogen-bond acceptors (Lipinski definition) is 3. The van der Waals surface area contributed by atoms with Gasteiger partial charge in [0.25, 0.3) is 5.69 Å². The van der Waals surface area contributed by atoms with Crippen LogP contribution < -0.4 is 5.73 Å². The number of para-hydroxylation sites is 1. The van der Waals surface area contributed by atoms with Crippen LogP contribution in [0.2, 0.25) is 0 Å². The van der Waals surface area contributed by atoms with Gasteiger partial charge in [-0.2, -0.15) is 0 Å². The third-order valence-corrected chi connectivity index (χ3v) is 3.70. The van der Waals surface area contributed by atoms with Gasteiger partial charge in [0.2, 0.25) is 0 Å². The Morgan fingerprint density at radius 2 is 2.00 bits per heavy atom. The molecule has 19 heavy (non-hydrogen) atoms. The van der Waals surface area contributed by atoms with Gasteiger partial charge >= 0.3 is 0 Å². The number of benzene rings is 1. The molecule has 2 N–H and O–H groups in total. The maximum absolute atomic E-state index is 11.0. The molecule has 0 bridgehead atoms. The molecule has 0 saturated heterocycles.